The number of nitrogens with one attached hydrogen (secondary N) is 1. The summed E-state index contributed by atoms with van der Waals surface area (Å²) in [5.74, 6) is 0.469. The molecule has 1 N–H and O–H groups in total. The van der Waals surface area contributed by atoms with Gasteiger partial charge in [-0.3, -0.25) is 4.57 Å². The summed E-state index contributed by atoms with van der Waals surface area (Å²) in [7, 11) is 3.09. The summed E-state index contributed by atoms with van der Waals surface area (Å²) >= 11 is 0. The van der Waals surface area contributed by atoms with Crippen LogP contribution in [0.2, 0.25) is 0 Å². The van der Waals surface area contributed by atoms with Crippen molar-refractivity contribution < 1.29 is 13.9 Å². The van der Waals surface area contributed by atoms with Gasteiger partial charge in [-0.2, -0.15) is 0 Å². The van der Waals surface area contributed by atoms with E-state index >= 15 is 0 Å². The quantitative estimate of drug-likeness (QED) is 0.889. The highest BCUT2D eigenvalue weighted by Crippen LogP contribution is 2.23. The number of imidazole rings is 1. The van der Waals surface area contributed by atoms with Crippen LogP contribution in [0.3, 0.4) is 0 Å². The highest BCUT2D eigenvalue weighted by Gasteiger charge is 2.12. The normalized spacial score (nSPS) is 12.2. The number of ether oxygens (including phenoxy) is 2. The van der Waals surface area contributed by atoms with Crippen LogP contribution >= 0.6 is 0 Å². The third-order valence-corrected chi connectivity index (χ3v) is 3.03. The van der Waals surface area contributed by atoms with E-state index < -0.39 is 5.82 Å². The van der Waals surface area contributed by atoms with E-state index in [1.165, 1.54) is 13.2 Å². The van der Waals surface area contributed by atoms with Gasteiger partial charge in [0.25, 0.3) is 0 Å². The lowest BCUT2D eigenvalue weighted by Gasteiger charge is -2.15. The number of anilines is 1. The number of hydrogen-bond acceptors (Lipinski definition) is 4. The topological polar surface area (TPSA) is 48.3 Å². The molecule has 5 nitrogen and oxygen atoms in total. The van der Waals surface area contributed by atoms with Crippen molar-refractivity contribution >= 4 is 5.95 Å². The van der Waals surface area contributed by atoms with Gasteiger partial charge in [0.2, 0.25) is 5.95 Å². The monoisotopic (exact) mass is 293 g/mol. The van der Waals surface area contributed by atoms with Crippen molar-refractivity contribution in [2.75, 3.05) is 26.1 Å². The summed E-state index contributed by atoms with van der Waals surface area (Å²) in [6, 6.07) is 4.91. The Hall–Kier alpha value is -2.08. The molecule has 0 aliphatic carbocycles. The minimum atomic E-state index is -0.405. The molecule has 0 saturated carbocycles. The fourth-order valence-corrected chi connectivity index (χ4v) is 2.11. The second-order valence-electron chi connectivity index (χ2n) is 4.90. The lowest BCUT2D eigenvalue weighted by atomic mass is 10.3. The number of methoxy groups -OCH3 is 2. The molecule has 1 atom stereocenters. The molecule has 0 saturated heterocycles. The molecular formula is C15H20FN3O2. The maximum absolute atomic E-state index is 13.9. The zero-order valence-corrected chi connectivity index (χ0v) is 12.7. The first-order chi connectivity index (χ1) is 10.0. The third kappa shape index (κ3) is 3.52. The Kier molecular flexibility index (Phi) is 4.80. The van der Waals surface area contributed by atoms with Crippen LogP contribution in [0.4, 0.5) is 10.3 Å². The van der Waals surface area contributed by atoms with Crippen molar-refractivity contribution in [1.82, 2.24) is 9.55 Å². The molecule has 21 heavy (non-hydrogen) atoms. The Labute approximate surface area is 123 Å². The van der Waals surface area contributed by atoms with E-state index in [1.807, 2.05) is 24.6 Å². The zero-order chi connectivity index (χ0) is 15.4. The molecule has 114 valence electrons. The van der Waals surface area contributed by atoms with Gasteiger partial charge < -0.3 is 14.8 Å². The average molecular weight is 293 g/mol. The highest BCUT2D eigenvalue weighted by atomic mass is 19.1. The molecular weight excluding hydrogens is 273 g/mol. The van der Waals surface area contributed by atoms with Crippen LogP contribution in [0.15, 0.2) is 24.4 Å². The molecule has 0 aliphatic heterocycles. The number of nitrogens with zero attached hydrogens (tertiary/aromatic N) is 2. The maximum Gasteiger partial charge on any atom is 0.208 e. The summed E-state index contributed by atoms with van der Waals surface area (Å²) in [6.45, 7) is 4.44. The summed E-state index contributed by atoms with van der Waals surface area (Å²) in [5, 5.41) is 3.25. The van der Waals surface area contributed by atoms with Gasteiger partial charge in [0.15, 0.2) is 11.6 Å². The summed E-state index contributed by atoms with van der Waals surface area (Å²) in [6.07, 6.45) is 1.85. The molecule has 2 rings (SSSR count). The Morgan fingerprint density at radius 3 is 2.76 bits per heavy atom. The fraction of sp³-hybridized carbons (Fsp3) is 0.400. The largest absolute Gasteiger partial charge is 0.494 e. The lowest BCUT2D eigenvalue weighted by Crippen LogP contribution is -2.22. The minimum Gasteiger partial charge on any atom is -0.494 e. The van der Waals surface area contributed by atoms with E-state index in [-0.39, 0.29) is 11.8 Å². The fourth-order valence-electron chi connectivity index (χ4n) is 2.11. The Bertz CT molecular complexity index is 613. The molecule has 0 spiro atoms. The van der Waals surface area contributed by atoms with Gasteiger partial charge in [-0.05, 0) is 26.0 Å². The van der Waals surface area contributed by atoms with Crippen molar-refractivity contribution in [3.63, 3.8) is 0 Å². The van der Waals surface area contributed by atoms with Crippen molar-refractivity contribution in [3.05, 3.63) is 35.9 Å². The van der Waals surface area contributed by atoms with Gasteiger partial charge in [0.05, 0.1) is 25.1 Å². The highest BCUT2D eigenvalue weighted by molar-refractivity contribution is 5.46. The number of hydrogen-bond donors (Lipinski definition) is 1. The van der Waals surface area contributed by atoms with Gasteiger partial charge in [-0.25, -0.2) is 9.37 Å². The Morgan fingerprint density at radius 2 is 2.14 bits per heavy atom. The number of rotatable bonds is 6. The first-order valence-electron chi connectivity index (χ1n) is 6.70. The standard InChI is InChI=1S/C15H20FN3O2/c1-10-8-19(15(17-10)18-11(2)9-20-3)12-5-6-14(21-4)13(16)7-12/h5-8,11H,9H2,1-4H3,(H,17,18). The summed E-state index contributed by atoms with van der Waals surface area (Å²) in [4.78, 5) is 4.42. The molecule has 6 heteroatoms. The Balaban J connectivity index is 2.33. The number of benzene rings is 1. The van der Waals surface area contributed by atoms with E-state index in [1.54, 1.807) is 19.2 Å². The number of aromatic nitrogens is 2. The molecule has 0 fully saturated rings. The van der Waals surface area contributed by atoms with Gasteiger partial charge in [0.1, 0.15) is 0 Å². The molecule has 1 unspecified atom stereocenters. The van der Waals surface area contributed by atoms with Gasteiger partial charge >= 0.3 is 0 Å². The zero-order valence-electron chi connectivity index (χ0n) is 12.7. The number of aryl methyl sites for hydroxylation is 1. The predicted molar refractivity (Wildman–Crippen MR) is 79.8 cm³/mol. The van der Waals surface area contributed by atoms with Crippen LogP contribution in [0.1, 0.15) is 12.6 Å². The maximum atomic E-state index is 13.9. The van der Waals surface area contributed by atoms with E-state index in [0.717, 1.165) is 5.69 Å². The van der Waals surface area contributed by atoms with Crippen LogP contribution < -0.4 is 10.1 Å². The van der Waals surface area contributed by atoms with E-state index in [4.69, 9.17) is 9.47 Å². The average Bonchev–Trinajstić information content (AvgIpc) is 2.79. The van der Waals surface area contributed by atoms with Crippen molar-refractivity contribution in [2.45, 2.75) is 19.9 Å². The van der Waals surface area contributed by atoms with E-state index in [9.17, 15) is 4.39 Å². The molecule has 0 radical (unpaired) electrons. The molecule has 0 aliphatic rings. The molecule has 0 bridgehead atoms. The van der Waals surface area contributed by atoms with Crippen LogP contribution in [-0.4, -0.2) is 36.4 Å². The third-order valence-electron chi connectivity index (χ3n) is 3.03. The lowest BCUT2D eigenvalue weighted by molar-refractivity contribution is 0.190. The minimum absolute atomic E-state index is 0.0960. The van der Waals surface area contributed by atoms with Crippen LogP contribution in [-0.2, 0) is 4.74 Å². The molecule has 1 aromatic carbocycles. The van der Waals surface area contributed by atoms with Crippen LogP contribution in [0.25, 0.3) is 5.69 Å². The molecule has 2 aromatic rings. The second kappa shape index (κ2) is 6.58. The van der Waals surface area contributed by atoms with Crippen molar-refractivity contribution in [2.24, 2.45) is 0 Å². The molecule has 1 aromatic heterocycles. The van der Waals surface area contributed by atoms with Crippen LogP contribution in [0, 0.1) is 12.7 Å². The van der Waals surface area contributed by atoms with Crippen molar-refractivity contribution in [1.29, 1.82) is 0 Å². The van der Waals surface area contributed by atoms with Gasteiger partial charge in [-0.15, -0.1) is 0 Å². The molecule has 0 amide bonds. The predicted octanol–water partition coefficient (Wildman–Crippen LogP) is 2.78. The smallest absolute Gasteiger partial charge is 0.208 e. The van der Waals surface area contributed by atoms with E-state index in [0.29, 0.717) is 18.2 Å². The summed E-state index contributed by atoms with van der Waals surface area (Å²) < 4.78 is 25.7. The van der Waals surface area contributed by atoms with Crippen LogP contribution in [0.5, 0.6) is 5.75 Å². The second-order valence-corrected chi connectivity index (χ2v) is 4.90. The SMILES string of the molecule is COCC(C)Nc1nc(C)cn1-c1ccc(OC)c(F)c1. The van der Waals surface area contributed by atoms with E-state index in [2.05, 4.69) is 10.3 Å². The first-order valence-corrected chi connectivity index (χ1v) is 6.70. The van der Waals surface area contributed by atoms with Gasteiger partial charge in [-0.1, -0.05) is 0 Å². The first kappa shape index (κ1) is 15.3. The molecule has 1 heterocycles. The Morgan fingerprint density at radius 1 is 1.38 bits per heavy atom. The van der Waals surface area contributed by atoms with Gasteiger partial charge in [0, 0.05) is 25.4 Å². The summed E-state index contributed by atoms with van der Waals surface area (Å²) in [5.41, 5.74) is 1.53. The van der Waals surface area contributed by atoms with Crippen molar-refractivity contribution in [3.8, 4) is 11.4 Å². The number of halogens is 1.